The SMILES string of the molecule is CCCc1ccccc1C(CCCCCCCc1ccccc1)OC(=O)O. The first kappa shape index (κ1) is 21.0. The Labute approximate surface area is 163 Å². The van der Waals surface area contributed by atoms with E-state index in [0.717, 1.165) is 44.1 Å². The van der Waals surface area contributed by atoms with E-state index in [1.165, 1.54) is 30.4 Å². The zero-order valence-electron chi connectivity index (χ0n) is 16.4. The summed E-state index contributed by atoms with van der Waals surface area (Å²) in [5.41, 5.74) is 3.64. The van der Waals surface area contributed by atoms with Crippen molar-refractivity contribution in [1.29, 1.82) is 0 Å². The van der Waals surface area contributed by atoms with Gasteiger partial charge in [0.15, 0.2) is 0 Å². The molecule has 0 bridgehead atoms. The van der Waals surface area contributed by atoms with Crippen LogP contribution in [0.25, 0.3) is 0 Å². The van der Waals surface area contributed by atoms with Crippen LogP contribution in [-0.2, 0) is 17.6 Å². The summed E-state index contributed by atoms with van der Waals surface area (Å²) in [6.45, 7) is 2.14. The maximum absolute atomic E-state index is 11.1. The highest BCUT2D eigenvalue weighted by atomic mass is 16.7. The Morgan fingerprint density at radius 2 is 1.56 bits per heavy atom. The first-order chi connectivity index (χ1) is 13.2. The van der Waals surface area contributed by atoms with Gasteiger partial charge in [0.2, 0.25) is 0 Å². The van der Waals surface area contributed by atoms with E-state index in [9.17, 15) is 4.79 Å². The molecule has 0 aliphatic carbocycles. The van der Waals surface area contributed by atoms with E-state index in [2.05, 4.69) is 43.3 Å². The van der Waals surface area contributed by atoms with Gasteiger partial charge < -0.3 is 9.84 Å². The van der Waals surface area contributed by atoms with Gasteiger partial charge in [-0.2, -0.15) is 0 Å². The van der Waals surface area contributed by atoms with Crippen LogP contribution in [0.15, 0.2) is 54.6 Å². The quantitative estimate of drug-likeness (QED) is 0.325. The molecule has 0 saturated carbocycles. The highest BCUT2D eigenvalue weighted by Gasteiger charge is 2.18. The standard InChI is InChI=1S/C24H32O3/c1-2-13-21-17-11-12-18-22(21)23(27-24(25)26)19-10-5-3-4-7-14-20-15-8-6-9-16-20/h6,8-9,11-12,15-18,23H,2-5,7,10,13-14,19H2,1H3,(H,25,26). The van der Waals surface area contributed by atoms with Crippen LogP contribution in [0.4, 0.5) is 4.79 Å². The van der Waals surface area contributed by atoms with E-state index in [4.69, 9.17) is 9.84 Å². The summed E-state index contributed by atoms with van der Waals surface area (Å²) < 4.78 is 5.23. The van der Waals surface area contributed by atoms with Gasteiger partial charge in [0.1, 0.15) is 6.10 Å². The summed E-state index contributed by atoms with van der Waals surface area (Å²) in [6.07, 6.45) is 8.06. The van der Waals surface area contributed by atoms with Crippen LogP contribution >= 0.6 is 0 Å². The van der Waals surface area contributed by atoms with E-state index in [1.54, 1.807) is 0 Å². The molecule has 0 aliphatic heterocycles. The summed E-state index contributed by atoms with van der Waals surface area (Å²) in [5.74, 6) is 0. The maximum atomic E-state index is 11.1. The Morgan fingerprint density at radius 1 is 0.889 bits per heavy atom. The third kappa shape index (κ3) is 7.86. The smallest absolute Gasteiger partial charge is 0.450 e. The molecule has 0 aromatic heterocycles. The topological polar surface area (TPSA) is 46.5 Å². The molecule has 0 radical (unpaired) electrons. The summed E-state index contributed by atoms with van der Waals surface area (Å²) in [5, 5.41) is 9.12. The van der Waals surface area contributed by atoms with Crippen LogP contribution in [0.5, 0.6) is 0 Å². The van der Waals surface area contributed by atoms with Crippen molar-refractivity contribution in [3.8, 4) is 0 Å². The van der Waals surface area contributed by atoms with Gasteiger partial charge in [-0.15, -0.1) is 0 Å². The van der Waals surface area contributed by atoms with E-state index in [1.807, 2.05) is 18.2 Å². The molecule has 1 atom stereocenters. The molecule has 0 saturated heterocycles. The molecule has 0 heterocycles. The van der Waals surface area contributed by atoms with Crippen molar-refractivity contribution in [2.24, 2.45) is 0 Å². The second kappa shape index (κ2) is 12.2. The van der Waals surface area contributed by atoms with Crippen LogP contribution in [0.3, 0.4) is 0 Å². The van der Waals surface area contributed by atoms with Crippen LogP contribution in [-0.4, -0.2) is 11.3 Å². The van der Waals surface area contributed by atoms with E-state index in [-0.39, 0.29) is 6.10 Å². The van der Waals surface area contributed by atoms with E-state index >= 15 is 0 Å². The first-order valence-corrected chi connectivity index (χ1v) is 10.2. The van der Waals surface area contributed by atoms with Gasteiger partial charge in [-0.05, 0) is 48.8 Å². The minimum Gasteiger partial charge on any atom is -0.450 e. The van der Waals surface area contributed by atoms with Crippen molar-refractivity contribution in [2.75, 3.05) is 0 Å². The molecule has 3 heteroatoms. The summed E-state index contributed by atoms with van der Waals surface area (Å²) in [6, 6.07) is 18.7. The highest BCUT2D eigenvalue weighted by molar-refractivity contribution is 5.57. The average molecular weight is 369 g/mol. The fourth-order valence-corrected chi connectivity index (χ4v) is 3.58. The third-order valence-electron chi connectivity index (χ3n) is 4.94. The highest BCUT2D eigenvalue weighted by Crippen LogP contribution is 2.28. The number of carbonyl (C=O) groups is 1. The molecule has 0 spiro atoms. The Balaban J connectivity index is 1.75. The molecule has 3 nitrogen and oxygen atoms in total. The van der Waals surface area contributed by atoms with Crippen molar-refractivity contribution in [2.45, 2.75) is 70.8 Å². The summed E-state index contributed by atoms with van der Waals surface area (Å²) in [4.78, 5) is 11.1. The average Bonchev–Trinajstić information content (AvgIpc) is 2.67. The van der Waals surface area contributed by atoms with E-state index < -0.39 is 6.16 Å². The van der Waals surface area contributed by atoms with Crippen LogP contribution < -0.4 is 0 Å². The molecule has 2 rings (SSSR count). The largest absolute Gasteiger partial charge is 0.506 e. The Bertz CT molecular complexity index is 666. The number of rotatable bonds is 12. The third-order valence-corrected chi connectivity index (χ3v) is 4.94. The molecule has 146 valence electrons. The van der Waals surface area contributed by atoms with Gasteiger partial charge >= 0.3 is 6.16 Å². The first-order valence-electron chi connectivity index (χ1n) is 10.2. The van der Waals surface area contributed by atoms with Crippen LogP contribution in [0.1, 0.15) is 74.7 Å². The molecule has 0 amide bonds. The molecule has 0 aliphatic rings. The predicted molar refractivity (Wildman–Crippen MR) is 110 cm³/mol. The van der Waals surface area contributed by atoms with Crippen molar-refractivity contribution in [3.05, 3.63) is 71.3 Å². The summed E-state index contributed by atoms with van der Waals surface area (Å²) >= 11 is 0. The molecule has 1 N–H and O–H groups in total. The lowest BCUT2D eigenvalue weighted by Crippen LogP contribution is -2.11. The number of unbranched alkanes of at least 4 members (excludes halogenated alkanes) is 4. The van der Waals surface area contributed by atoms with Crippen molar-refractivity contribution >= 4 is 6.16 Å². The Kier molecular flexibility index (Phi) is 9.47. The van der Waals surface area contributed by atoms with Gasteiger partial charge in [0, 0.05) is 0 Å². The number of aryl methyl sites for hydroxylation is 2. The second-order valence-corrected chi connectivity index (χ2v) is 7.11. The molecule has 2 aromatic carbocycles. The van der Waals surface area contributed by atoms with Crippen molar-refractivity contribution in [3.63, 3.8) is 0 Å². The minimum absolute atomic E-state index is 0.352. The Morgan fingerprint density at radius 3 is 2.30 bits per heavy atom. The number of hydrogen-bond donors (Lipinski definition) is 1. The summed E-state index contributed by atoms with van der Waals surface area (Å²) in [7, 11) is 0. The fraction of sp³-hybridized carbons (Fsp3) is 0.458. The maximum Gasteiger partial charge on any atom is 0.506 e. The molecule has 2 aromatic rings. The normalized spacial score (nSPS) is 11.9. The van der Waals surface area contributed by atoms with Gasteiger partial charge in [0.05, 0.1) is 0 Å². The van der Waals surface area contributed by atoms with Gasteiger partial charge in [0.25, 0.3) is 0 Å². The lowest BCUT2D eigenvalue weighted by molar-refractivity contribution is 0.0460. The fourth-order valence-electron chi connectivity index (χ4n) is 3.58. The second-order valence-electron chi connectivity index (χ2n) is 7.11. The molecule has 1 unspecified atom stereocenters. The number of carboxylic acid groups (broad SMARTS) is 1. The lowest BCUT2D eigenvalue weighted by Gasteiger charge is -2.19. The number of hydrogen-bond acceptors (Lipinski definition) is 2. The molecule has 0 fully saturated rings. The Hall–Kier alpha value is -2.29. The molecule has 27 heavy (non-hydrogen) atoms. The predicted octanol–water partition coefficient (Wildman–Crippen LogP) is 6.96. The minimum atomic E-state index is -1.19. The lowest BCUT2D eigenvalue weighted by atomic mass is 9.95. The van der Waals surface area contributed by atoms with Gasteiger partial charge in [-0.1, -0.05) is 87.2 Å². The van der Waals surface area contributed by atoms with Crippen molar-refractivity contribution < 1.29 is 14.6 Å². The van der Waals surface area contributed by atoms with Crippen LogP contribution in [0.2, 0.25) is 0 Å². The van der Waals surface area contributed by atoms with E-state index in [0.29, 0.717) is 0 Å². The number of benzene rings is 2. The van der Waals surface area contributed by atoms with Gasteiger partial charge in [-0.3, -0.25) is 0 Å². The molecular formula is C24H32O3. The van der Waals surface area contributed by atoms with Crippen molar-refractivity contribution in [1.82, 2.24) is 0 Å². The molecular weight excluding hydrogens is 336 g/mol. The van der Waals surface area contributed by atoms with Gasteiger partial charge in [-0.25, -0.2) is 4.79 Å². The van der Waals surface area contributed by atoms with Crippen LogP contribution in [0, 0.1) is 0 Å². The zero-order valence-corrected chi connectivity index (χ0v) is 16.4. The number of ether oxygens (including phenoxy) is 1. The zero-order chi connectivity index (χ0) is 19.3. The monoisotopic (exact) mass is 368 g/mol.